The van der Waals surface area contributed by atoms with Gasteiger partial charge in [0, 0.05) is 25.8 Å². The Morgan fingerprint density at radius 3 is 2.26 bits per heavy atom. The van der Waals surface area contributed by atoms with Crippen LogP contribution in [0.2, 0.25) is 0 Å². The second kappa shape index (κ2) is 9.53. The number of hydrogen-bond donors (Lipinski definition) is 1. The summed E-state index contributed by atoms with van der Waals surface area (Å²) in [6.07, 6.45) is 1.91. The lowest BCUT2D eigenvalue weighted by molar-refractivity contribution is 0.0948. The number of nitrogens with one attached hydrogen (secondary N) is 1. The van der Waals surface area contributed by atoms with Gasteiger partial charge in [-0.05, 0) is 43.2 Å². The first-order chi connectivity index (χ1) is 12.8. The van der Waals surface area contributed by atoms with Crippen LogP contribution in [0.25, 0.3) is 0 Å². The summed E-state index contributed by atoms with van der Waals surface area (Å²) in [5.41, 5.74) is 3.02. The van der Waals surface area contributed by atoms with E-state index in [4.69, 9.17) is 4.74 Å². The molecule has 27 heavy (non-hydrogen) atoms. The highest BCUT2D eigenvalue weighted by atomic mass is 32.2. The molecule has 0 saturated carbocycles. The molecule has 2 rings (SSSR count). The van der Waals surface area contributed by atoms with E-state index in [0.29, 0.717) is 24.4 Å². The third kappa shape index (κ3) is 6.37. The summed E-state index contributed by atoms with van der Waals surface area (Å²) < 4.78 is 30.8. The summed E-state index contributed by atoms with van der Waals surface area (Å²) in [6.45, 7) is 3.33. The number of aryl methyl sites for hydroxylation is 1. The molecule has 1 amide bonds. The fourth-order valence-electron chi connectivity index (χ4n) is 2.56. The largest absolute Gasteiger partial charge is 0.385 e. The van der Waals surface area contributed by atoms with Crippen molar-refractivity contribution in [1.29, 1.82) is 0 Å². The molecule has 0 fully saturated rings. The second-order valence-corrected chi connectivity index (χ2v) is 8.31. The average Bonchev–Trinajstić information content (AvgIpc) is 2.64. The molecule has 6 nitrogen and oxygen atoms in total. The van der Waals surface area contributed by atoms with Gasteiger partial charge in [-0.25, -0.2) is 8.42 Å². The van der Waals surface area contributed by atoms with E-state index >= 15 is 0 Å². The molecule has 0 aliphatic heterocycles. The van der Waals surface area contributed by atoms with E-state index in [1.54, 1.807) is 31.4 Å². The highest BCUT2D eigenvalue weighted by Crippen LogP contribution is 2.21. The molecule has 0 atom stereocenters. The minimum Gasteiger partial charge on any atom is -0.385 e. The van der Waals surface area contributed by atoms with Gasteiger partial charge in [-0.2, -0.15) is 0 Å². The summed E-state index contributed by atoms with van der Waals surface area (Å²) in [5.74, 6) is -0.193. The van der Waals surface area contributed by atoms with Crippen LogP contribution in [0.5, 0.6) is 0 Å². The van der Waals surface area contributed by atoms with E-state index in [2.05, 4.69) is 5.32 Å². The Morgan fingerprint density at radius 1 is 1.07 bits per heavy atom. The van der Waals surface area contributed by atoms with Gasteiger partial charge in [0.25, 0.3) is 5.91 Å². The molecule has 0 unspecified atom stereocenters. The highest BCUT2D eigenvalue weighted by molar-refractivity contribution is 7.92. The number of rotatable bonds is 9. The van der Waals surface area contributed by atoms with E-state index in [-0.39, 0.29) is 12.5 Å². The van der Waals surface area contributed by atoms with Gasteiger partial charge in [-0.1, -0.05) is 29.8 Å². The smallest absolute Gasteiger partial charge is 0.251 e. The lowest BCUT2D eigenvalue weighted by atomic mass is 10.1. The van der Waals surface area contributed by atoms with Crippen LogP contribution in [-0.2, 0) is 21.3 Å². The minimum atomic E-state index is -3.46. The molecular formula is C20H26N2O4S. The topological polar surface area (TPSA) is 75.7 Å². The van der Waals surface area contributed by atoms with Crippen LogP contribution in [0, 0.1) is 6.92 Å². The maximum absolute atomic E-state index is 12.3. The van der Waals surface area contributed by atoms with Crippen LogP contribution >= 0.6 is 0 Å². The number of carbonyl (C=O) groups is 1. The summed E-state index contributed by atoms with van der Waals surface area (Å²) in [7, 11) is -1.85. The zero-order valence-corrected chi connectivity index (χ0v) is 16.8. The van der Waals surface area contributed by atoms with E-state index in [9.17, 15) is 13.2 Å². The molecule has 0 aliphatic carbocycles. The number of sulfonamides is 1. The normalized spacial score (nSPS) is 11.2. The number of nitrogens with zero attached hydrogens (tertiary/aromatic N) is 1. The van der Waals surface area contributed by atoms with Crippen molar-refractivity contribution < 1.29 is 17.9 Å². The number of carbonyl (C=O) groups excluding carboxylic acids is 1. The first-order valence-corrected chi connectivity index (χ1v) is 10.6. The molecule has 146 valence electrons. The predicted octanol–water partition coefficient (Wildman–Crippen LogP) is 2.73. The first kappa shape index (κ1) is 20.9. The zero-order chi connectivity index (χ0) is 19.9. The van der Waals surface area contributed by atoms with Crippen LogP contribution < -0.4 is 9.62 Å². The third-order valence-electron chi connectivity index (χ3n) is 4.08. The summed E-state index contributed by atoms with van der Waals surface area (Å²) in [6, 6.07) is 14.3. The highest BCUT2D eigenvalue weighted by Gasteiger charge is 2.18. The molecule has 0 aromatic heterocycles. The Morgan fingerprint density at radius 2 is 1.70 bits per heavy atom. The number of amides is 1. The van der Waals surface area contributed by atoms with E-state index in [0.717, 1.165) is 17.5 Å². The van der Waals surface area contributed by atoms with E-state index < -0.39 is 10.0 Å². The molecule has 0 bridgehead atoms. The van der Waals surface area contributed by atoms with Crippen LogP contribution in [0.1, 0.15) is 27.9 Å². The third-order valence-corrected chi connectivity index (χ3v) is 5.22. The SMILES string of the molecule is COCCCNC(=O)c1ccc(N(Cc2ccc(C)cc2)S(C)(=O)=O)cc1. The standard InChI is InChI=1S/C20H26N2O4S/c1-16-5-7-17(8-6-16)15-22(27(3,24)25)19-11-9-18(10-12-19)20(23)21-13-4-14-26-2/h5-12H,4,13-15H2,1-3H3,(H,21,23). The van der Waals surface area contributed by atoms with Crippen molar-refractivity contribution in [2.45, 2.75) is 19.9 Å². The maximum Gasteiger partial charge on any atom is 0.251 e. The molecule has 2 aromatic carbocycles. The van der Waals surface area contributed by atoms with Gasteiger partial charge in [0.15, 0.2) is 0 Å². The second-order valence-electron chi connectivity index (χ2n) is 6.40. The van der Waals surface area contributed by atoms with Crippen LogP contribution in [0.3, 0.4) is 0 Å². The average molecular weight is 391 g/mol. The van der Waals surface area contributed by atoms with Crippen molar-refractivity contribution in [2.24, 2.45) is 0 Å². The van der Waals surface area contributed by atoms with Gasteiger partial charge in [-0.15, -0.1) is 0 Å². The molecule has 0 radical (unpaired) electrons. The quantitative estimate of drug-likeness (QED) is 0.668. The molecule has 0 aliphatic rings. The van der Waals surface area contributed by atoms with Crippen LogP contribution in [-0.4, -0.2) is 40.8 Å². The molecule has 0 spiro atoms. The Bertz CT molecular complexity index is 847. The predicted molar refractivity (Wildman–Crippen MR) is 107 cm³/mol. The lowest BCUT2D eigenvalue weighted by Gasteiger charge is -2.23. The molecule has 1 N–H and O–H groups in total. The number of ether oxygens (including phenoxy) is 1. The van der Waals surface area contributed by atoms with E-state index in [1.165, 1.54) is 10.6 Å². The van der Waals surface area contributed by atoms with Gasteiger partial charge in [0.2, 0.25) is 10.0 Å². The summed E-state index contributed by atoms with van der Waals surface area (Å²) in [5, 5.41) is 2.81. The molecule has 7 heteroatoms. The minimum absolute atomic E-state index is 0.193. The van der Waals surface area contributed by atoms with Crippen molar-refractivity contribution in [3.8, 4) is 0 Å². The Kier molecular flexibility index (Phi) is 7.38. The molecule has 2 aromatic rings. The number of methoxy groups -OCH3 is 1. The number of benzene rings is 2. The summed E-state index contributed by atoms with van der Waals surface area (Å²) >= 11 is 0. The van der Waals surface area contributed by atoms with Crippen molar-refractivity contribution in [1.82, 2.24) is 5.32 Å². The van der Waals surface area contributed by atoms with Gasteiger partial charge in [-0.3, -0.25) is 9.10 Å². The number of anilines is 1. The first-order valence-electron chi connectivity index (χ1n) is 8.71. The molecule has 0 saturated heterocycles. The van der Waals surface area contributed by atoms with Crippen molar-refractivity contribution >= 4 is 21.6 Å². The van der Waals surface area contributed by atoms with Gasteiger partial charge in [0.05, 0.1) is 18.5 Å². The van der Waals surface area contributed by atoms with Crippen molar-refractivity contribution in [2.75, 3.05) is 30.8 Å². The fraction of sp³-hybridized carbons (Fsp3) is 0.350. The van der Waals surface area contributed by atoms with Gasteiger partial charge in [0.1, 0.15) is 0 Å². The fourth-order valence-corrected chi connectivity index (χ4v) is 3.45. The maximum atomic E-state index is 12.3. The Hall–Kier alpha value is -2.38. The van der Waals surface area contributed by atoms with Crippen LogP contribution in [0.4, 0.5) is 5.69 Å². The van der Waals surface area contributed by atoms with Crippen LogP contribution in [0.15, 0.2) is 48.5 Å². The van der Waals surface area contributed by atoms with Gasteiger partial charge < -0.3 is 10.1 Å². The zero-order valence-electron chi connectivity index (χ0n) is 15.9. The Labute approximate surface area is 161 Å². The monoisotopic (exact) mass is 390 g/mol. The lowest BCUT2D eigenvalue weighted by Crippen LogP contribution is -2.29. The van der Waals surface area contributed by atoms with Gasteiger partial charge >= 0.3 is 0 Å². The molecular weight excluding hydrogens is 364 g/mol. The van der Waals surface area contributed by atoms with E-state index in [1.807, 2.05) is 31.2 Å². The number of hydrogen-bond acceptors (Lipinski definition) is 4. The summed E-state index contributed by atoms with van der Waals surface area (Å²) in [4.78, 5) is 12.1. The van der Waals surface area contributed by atoms with Crippen molar-refractivity contribution in [3.05, 3.63) is 65.2 Å². The Balaban J connectivity index is 2.12. The van der Waals surface area contributed by atoms with Crippen molar-refractivity contribution in [3.63, 3.8) is 0 Å². The molecule has 0 heterocycles.